The number of rotatable bonds is 3. The van der Waals surface area contributed by atoms with E-state index in [9.17, 15) is 9.59 Å². The molecule has 1 fully saturated rings. The Hall–Kier alpha value is -1.84. The van der Waals surface area contributed by atoms with Crippen LogP contribution in [-0.4, -0.2) is 28.3 Å². The molecular weight excluding hydrogens is 264 g/mol. The fraction of sp³-hybridized carbons (Fsp3) is 0.529. The first-order valence-electron chi connectivity index (χ1n) is 7.52. The van der Waals surface area contributed by atoms with E-state index in [1.807, 2.05) is 45.0 Å². The molecule has 21 heavy (non-hydrogen) atoms. The summed E-state index contributed by atoms with van der Waals surface area (Å²) in [4.78, 5) is 26.8. The van der Waals surface area contributed by atoms with Gasteiger partial charge in [0.25, 0.3) is 0 Å². The van der Waals surface area contributed by atoms with Crippen molar-refractivity contribution in [2.75, 3.05) is 0 Å². The Morgan fingerprint density at radius 2 is 1.95 bits per heavy atom. The molecule has 1 aliphatic heterocycles. The van der Waals surface area contributed by atoms with E-state index in [1.165, 1.54) is 0 Å². The average molecular weight is 288 g/mol. The molecule has 1 aliphatic rings. The van der Waals surface area contributed by atoms with E-state index in [0.717, 1.165) is 11.1 Å². The average Bonchev–Trinajstić information content (AvgIpc) is 2.46. The molecule has 1 aromatic rings. The van der Waals surface area contributed by atoms with Gasteiger partial charge in [0, 0.05) is 0 Å². The van der Waals surface area contributed by atoms with Gasteiger partial charge in [0.1, 0.15) is 11.6 Å². The van der Waals surface area contributed by atoms with E-state index in [2.05, 4.69) is 5.32 Å². The molecule has 0 radical (unpaired) electrons. The number of carbonyl (C=O) groups excluding carboxylic acids is 2. The van der Waals surface area contributed by atoms with Gasteiger partial charge in [-0.15, -0.1) is 0 Å². The Labute approximate surface area is 126 Å². The molecule has 0 bridgehead atoms. The summed E-state index contributed by atoms with van der Waals surface area (Å²) in [5, 5.41) is 2.86. The van der Waals surface area contributed by atoms with E-state index >= 15 is 0 Å². The summed E-state index contributed by atoms with van der Waals surface area (Å²) in [5.74, 6) is -0.0905. The van der Waals surface area contributed by atoms with Crippen LogP contribution in [0.25, 0.3) is 0 Å². The lowest BCUT2D eigenvalue weighted by Gasteiger charge is -2.46. The summed E-state index contributed by atoms with van der Waals surface area (Å²) in [7, 11) is 0. The van der Waals surface area contributed by atoms with Gasteiger partial charge in [0.2, 0.25) is 11.8 Å². The first-order valence-corrected chi connectivity index (χ1v) is 7.52. The maximum Gasteiger partial charge on any atom is 0.249 e. The first kappa shape index (κ1) is 15.5. The molecule has 1 heterocycles. The minimum absolute atomic E-state index is 0.00662. The molecule has 0 spiro atoms. The van der Waals surface area contributed by atoms with Crippen molar-refractivity contribution in [2.45, 2.75) is 58.7 Å². The Kier molecular flexibility index (Phi) is 4.08. The van der Waals surface area contributed by atoms with Gasteiger partial charge >= 0.3 is 0 Å². The normalized spacial score (nSPS) is 27.5. The van der Waals surface area contributed by atoms with Crippen molar-refractivity contribution in [3.05, 3.63) is 35.4 Å². The van der Waals surface area contributed by atoms with E-state index < -0.39 is 11.6 Å². The summed E-state index contributed by atoms with van der Waals surface area (Å²) in [6, 6.07) is 7.43. The highest BCUT2D eigenvalue weighted by Gasteiger charge is 2.47. The molecule has 114 valence electrons. The fourth-order valence-corrected chi connectivity index (χ4v) is 2.97. The second-order valence-electron chi connectivity index (χ2n) is 6.10. The second kappa shape index (κ2) is 5.51. The monoisotopic (exact) mass is 288 g/mol. The van der Waals surface area contributed by atoms with Crippen LogP contribution in [0, 0.1) is 6.92 Å². The molecule has 2 rings (SSSR count). The van der Waals surface area contributed by atoms with Gasteiger partial charge in [-0.05, 0) is 45.2 Å². The highest BCUT2D eigenvalue weighted by Crippen LogP contribution is 2.31. The summed E-state index contributed by atoms with van der Waals surface area (Å²) in [6.07, 6.45) is 0.585. The Morgan fingerprint density at radius 3 is 2.52 bits per heavy atom. The van der Waals surface area contributed by atoms with E-state index in [1.54, 1.807) is 18.7 Å². The van der Waals surface area contributed by atoms with Crippen LogP contribution >= 0.6 is 0 Å². The van der Waals surface area contributed by atoms with Crippen molar-refractivity contribution in [2.24, 2.45) is 0 Å². The summed E-state index contributed by atoms with van der Waals surface area (Å²) in [6.45, 7) is 9.54. The van der Waals surface area contributed by atoms with Crippen molar-refractivity contribution in [3.63, 3.8) is 0 Å². The Bertz CT molecular complexity index is 570. The lowest BCUT2D eigenvalue weighted by Crippen LogP contribution is -2.68. The highest BCUT2D eigenvalue weighted by molar-refractivity contribution is 5.99. The van der Waals surface area contributed by atoms with Crippen LogP contribution in [0.2, 0.25) is 0 Å². The predicted molar refractivity (Wildman–Crippen MR) is 82.7 cm³/mol. The van der Waals surface area contributed by atoms with Crippen molar-refractivity contribution in [3.8, 4) is 0 Å². The molecule has 2 amide bonds. The van der Waals surface area contributed by atoms with Crippen molar-refractivity contribution in [1.29, 1.82) is 0 Å². The maximum atomic E-state index is 12.9. The lowest BCUT2D eigenvalue weighted by atomic mass is 9.89. The summed E-state index contributed by atoms with van der Waals surface area (Å²) >= 11 is 0. The third-order valence-electron chi connectivity index (χ3n) is 4.67. The minimum atomic E-state index is -0.805. The molecule has 1 aromatic carbocycles. The van der Waals surface area contributed by atoms with Gasteiger partial charge in [-0.25, -0.2) is 0 Å². The standard InChI is InChI=1S/C17H24N2O2/c1-6-17(5)16(21)19(13(4)15(20)18-17)12(3)14-10-8-7-9-11(14)2/h7-10,12-13H,6H2,1-5H3,(H,18,20). The van der Waals surface area contributed by atoms with Crippen molar-refractivity contribution >= 4 is 11.8 Å². The zero-order valence-corrected chi connectivity index (χ0v) is 13.4. The molecule has 3 atom stereocenters. The van der Waals surface area contributed by atoms with E-state index in [-0.39, 0.29) is 17.9 Å². The SMILES string of the molecule is CCC1(C)NC(=O)C(C)N(C(C)c2ccccc2C)C1=O. The number of piperazine rings is 1. The first-order chi connectivity index (χ1) is 9.81. The summed E-state index contributed by atoms with van der Waals surface area (Å²) < 4.78 is 0. The number of aryl methyl sites for hydroxylation is 1. The van der Waals surface area contributed by atoms with Crippen LogP contribution in [0.3, 0.4) is 0 Å². The van der Waals surface area contributed by atoms with Crippen LogP contribution in [0.15, 0.2) is 24.3 Å². The zero-order valence-electron chi connectivity index (χ0n) is 13.4. The van der Waals surface area contributed by atoms with Gasteiger partial charge < -0.3 is 10.2 Å². The number of hydrogen-bond acceptors (Lipinski definition) is 2. The van der Waals surface area contributed by atoms with E-state index in [0.29, 0.717) is 6.42 Å². The molecule has 0 saturated carbocycles. The van der Waals surface area contributed by atoms with Crippen LogP contribution < -0.4 is 5.32 Å². The Morgan fingerprint density at radius 1 is 1.33 bits per heavy atom. The van der Waals surface area contributed by atoms with Crippen LogP contribution in [0.5, 0.6) is 0 Å². The number of carbonyl (C=O) groups is 2. The highest BCUT2D eigenvalue weighted by atomic mass is 16.2. The second-order valence-corrected chi connectivity index (χ2v) is 6.10. The number of nitrogens with one attached hydrogen (secondary N) is 1. The quantitative estimate of drug-likeness (QED) is 0.929. The molecule has 4 heteroatoms. The molecule has 1 saturated heterocycles. The fourth-order valence-electron chi connectivity index (χ4n) is 2.97. The number of nitrogens with zero attached hydrogens (tertiary/aromatic N) is 1. The van der Waals surface area contributed by atoms with Crippen molar-refractivity contribution < 1.29 is 9.59 Å². The number of amides is 2. The molecule has 4 nitrogen and oxygen atoms in total. The van der Waals surface area contributed by atoms with Gasteiger partial charge in [0.05, 0.1) is 6.04 Å². The number of benzene rings is 1. The molecule has 3 unspecified atom stereocenters. The molecular formula is C17H24N2O2. The largest absolute Gasteiger partial charge is 0.340 e. The van der Waals surface area contributed by atoms with Crippen LogP contribution in [0.1, 0.15) is 51.3 Å². The number of hydrogen-bond donors (Lipinski definition) is 1. The predicted octanol–water partition coefficient (Wildman–Crippen LogP) is 2.57. The molecule has 1 N–H and O–H groups in total. The lowest BCUT2D eigenvalue weighted by molar-refractivity contribution is -0.156. The topological polar surface area (TPSA) is 49.4 Å². The third kappa shape index (κ3) is 2.55. The summed E-state index contributed by atoms with van der Waals surface area (Å²) in [5.41, 5.74) is 1.42. The van der Waals surface area contributed by atoms with Crippen LogP contribution in [0.4, 0.5) is 0 Å². The van der Waals surface area contributed by atoms with Crippen LogP contribution in [-0.2, 0) is 9.59 Å². The van der Waals surface area contributed by atoms with Gasteiger partial charge in [0.15, 0.2) is 0 Å². The Balaban J connectivity index is 2.42. The third-order valence-corrected chi connectivity index (χ3v) is 4.67. The molecule has 0 aromatic heterocycles. The smallest absolute Gasteiger partial charge is 0.249 e. The van der Waals surface area contributed by atoms with Gasteiger partial charge in [-0.2, -0.15) is 0 Å². The van der Waals surface area contributed by atoms with Gasteiger partial charge in [-0.3, -0.25) is 9.59 Å². The van der Waals surface area contributed by atoms with Crippen molar-refractivity contribution in [1.82, 2.24) is 10.2 Å². The van der Waals surface area contributed by atoms with E-state index in [4.69, 9.17) is 0 Å². The minimum Gasteiger partial charge on any atom is -0.340 e. The maximum absolute atomic E-state index is 12.9. The molecule has 0 aliphatic carbocycles. The van der Waals surface area contributed by atoms with Gasteiger partial charge in [-0.1, -0.05) is 31.2 Å². The zero-order chi connectivity index (χ0) is 15.8.